The summed E-state index contributed by atoms with van der Waals surface area (Å²) in [5.41, 5.74) is 12.5. The van der Waals surface area contributed by atoms with Gasteiger partial charge in [0.2, 0.25) is 0 Å². The van der Waals surface area contributed by atoms with Gasteiger partial charge in [0.15, 0.2) is 0 Å². The van der Waals surface area contributed by atoms with E-state index in [1.807, 2.05) is 0 Å². The SMILES string of the molecule is N=N/N=N/N=N/N=N/N=N/N=N/N=N/N=N/N=N/N=N/N=N/N=N/N=N/N=N/N=N/N=N/N=N/N=N/N=N/N=N/N=N/N=N/N=N/N=N/N=N/N=N/N=N/N=N/N=N/N=N/N=N/N=N/N=N/N=N/N=N/N=N/N=N/N=N/N=N/N=N/N=N/N=N/N=N/N=N/N=N/N=N/N=N. The Bertz CT molecular complexity index is 3210. The molecule has 0 unspecified atom stereocenters. The van der Waals surface area contributed by atoms with Crippen LogP contribution in [0, 0.1) is 11.1 Å². The lowest BCUT2D eigenvalue weighted by molar-refractivity contribution is 0.723. The van der Waals surface area contributed by atoms with Crippen molar-refractivity contribution in [1.82, 2.24) is 0 Å². The van der Waals surface area contributed by atoms with Gasteiger partial charge >= 0.3 is 0 Å². The van der Waals surface area contributed by atoms with Crippen molar-refractivity contribution in [2.24, 2.45) is 481 Å². The molecule has 0 aromatic carbocycles. The van der Waals surface area contributed by atoms with E-state index in [-0.39, 0.29) is 0 Å². The van der Waals surface area contributed by atoms with Crippen molar-refractivity contribution in [2.75, 3.05) is 0 Å². The minimum absolute atomic E-state index is 2.50. The monoisotopic (exact) mass is 1320 g/mol. The van der Waals surface area contributed by atoms with Gasteiger partial charge in [-0.2, -0.15) is 11.1 Å². The fourth-order valence-corrected chi connectivity index (χ4v) is 1.61. The Kier molecular flexibility index (Phi) is 59.4. The molecule has 0 rings (SSSR count). The van der Waals surface area contributed by atoms with Gasteiger partial charge in [0, 0.05) is 397 Å². The quantitative estimate of drug-likeness (QED) is 0.0424. The zero-order valence-corrected chi connectivity index (χ0v) is 42.1. The van der Waals surface area contributed by atoms with Gasteiger partial charge in [-0.25, -0.2) is 0 Å². The predicted molar refractivity (Wildman–Crippen MR) is 229 cm³/mol. The molecule has 0 spiro atoms. The third kappa shape index (κ3) is 73.2. The summed E-state index contributed by atoms with van der Waals surface area (Å²) in [4.78, 5) is 0. The Morgan fingerprint density at radius 2 is 0.0851 bits per heavy atom. The third-order valence-corrected chi connectivity index (χ3v) is 3.65. The molecule has 94 heavy (non-hydrogen) atoms. The summed E-state index contributed by atoms with van der Waals surface area (Å²) in [5, 5.41) is 273. The van der Waals surface area contributed by atoms with E-state index in [4.69, 9.17) is 11.1 Å². The van der Waals surface area contributed by atoms with E-state index in [0.29, 0.717) is 0 Å². The number of nitrogens with zero attached hydrogens (tertiary/aromatic N) is 92. The molecule has 0 aromatic rings. The van der Waals surface area contributed by atoms with Crippen LogP contribution >= 0.6 is 0 Å². The maximum atomic E-state index is 6.27. The molecule has 0 radical (unpaired) electrons. The standard InChI is InChI=1S/H2N94/c1-3-5-7-9-11-13-15-17-19-21-23-25-27-29-31-33-35-37-39-41-43-45-47-49-51-53-55-57-59-61-63-65-67-69-71-73-75-77-79-81-83-85-87-89-91-93-94-92-90-88-86-84-82-80-78-76-74-72-70-68-66-64-62-60-58-56-54-52-50-48-46-44-42-40-38-36-34-32-30-28-26-24-22-20-18-16-14-12-10-8-6-4-2/h1-2H/b3-1?,4-2?,7-5+,8-6+,11-9+,12-10+,15-13+,16-14+,19-17+,20-18+,23-21+,24-22+,27-25+,28-26+,31-29+,32-30+,35-33+,36-34+,39-37+,40-38+,43-41+,44-42+,47-45+,48-46+,51-49+,52-50+,55-53+,56-54+,59-57+,60-58+,63-61+,64-62+,67-65+,68-66+,71-69+,72-70+,75-73+,76-74+,79-77+,80-78+,83-81+,84-82+,87-85+,88-86+,91-89+,92-90+,94-93+. The van der Waals surface area contributed by atoms with Gasteiger partial charge in [0.05, 0.1) is 0 Å². The van der Waals surface area contributed by atoms with Crippen LogP contribution in [-0.4, -0.2) is 0 Å². The van der Waals surface area contributed by atoms with E-state index >= 15 is 0 Å². The summed E-state index contributed by atoms with van der Waals surface area (Å²) in [6, 6.07) is 0. The molecule has 0 aromatic heterocycles. The molecule has 0 aliphatic carbocycles. The summed E-state index contributed by atoms with van der Waals surface area (Å²) in [6.07, 6.45) is 0. The molecule has 0 saturated carbocycles. The van der Waals surface area contributed by atoms with Gasteiger partial charge in [0.25, 0.3) is 0 Å². The summed E-state index contributed by atoms with van der Waals surface area (Å²) < 4.78 is 0. The van der Waals surface area contributed by atoms with Crippen molar-refractivity contribution >= 4 is 0 Å². The highest BCUT2D eigenvalue weighted by Gasteiger charge is 1.79. The summed E-state index contributed by atoms with van der Waals surface area (Å²) >= 11 is 0. The minimum atomic E-state index is 2.50. The molecule has 2 N–H and O–H groups in total. The van der Waals surface area contributed by atoms with Gasteiger partial charge in [-0.15, -0.1) is 0 Å². The first-order valence-electron chi connectivity index (χ1n) is 18.6. The Morgan fingerprint density at radius 3 is 0.117 bits per heavy atom. The lowest BCUT2D eigenvalue weighted by Crippen LogP contribution is -1.52. The van der Waals surface area contributed by atoms with Crippen molar-refractivity contribution in [3.8, 4) is 0 Å². The fraction of sp³-hybridized carbons (Fsp3) is 0. The van der Waals surface area contributed by atoms with Gasteiger partial charge in [-0.3, -0.25) is 0 Å². The van der Waals surface area contributed by atoms with E-state index in [1.165, 1.54) is 0 Å². The molecule has 0 atom stereocenters. The van der Waals surface area contributed by atoms with Crippen LogP contribution < -0.4 is 0 Å². The van der Waals surface area contributed by atoms with Crippen LogP contribution in [0.1, 0.15) is 0 Å². The van der Waals surface area contributed by atoms with Gasteiger partial charge in [-0.05, 0) is 83.6 Å². The van der Waals surface area contributed by atoms with Gasteiger partial charge in [-0.1, -0.05) is 0 Å². The molecule has 94 heteroatoms. The van der Waals surface area contributed by atoms with Crippen molar-refractivity contribution < 1.29 is 0 Å². The third-order valence-electron chi connectivity index (χ3n) is 3.65. The predicted octanol–water partition coefficient (Wildman–Crippen LogP) is 17.5. The Hall–Kier alpha value is -18.8. The lowest BCUT2D eigenvalue weighted by atomic mass is 12.3. The van der Waals surface area contributed by atoms with Crippen molar-refractivity contribution in [3.05, 3.63) is 0 Å². The number of hydrogen-bond donors (Lipinski definition) is 2. The molecule has 0 bridgehead atoms. The van der Waals surface area contributed by atoms with Crippen LogP contribution in [0.5, 0.6) is 0 Å². The van der Waals surface area contributed by atoms with Crippen molar-refractivity contribution in [1.29, 1.82) is 11.1 Å². The second kappa shape index (κ2) is 74.2. The maximum Gasteiger partial charge on any atom is 0 e. The molecule has 0 heterocycles. The van der Waals surface area contributed by atoms with Gasteiger partial charge in [0.1, 0.15) is 0 Å². The average molecular weight is 1320 g/mol. The molecular formula is H2N94. The normalized spacial score (nSPS) is 15.5. The fourth-order valence-electron chi connectivity index (χ4n) is 1.61. The topological polar surface area (TPSA) is 1180 Å². The first-order chi connectivity index (χ1) is 46.9. The highest BCUT2D eigenvalue weighted by molar-refractivity contribution is 4.22. The van der Waals surface area contributed by atoms with Crippen molar-refractivity contribution in [2.45, 2.75) is 0 Å². The lowest BCUT2D eigenvalue weighted by Gasteiger charge is -1.71. The average Bonchev–Trinajstić information content (AvgIpc) is 3.59. The summed E-state index contributed by atoms with van der Waals surface area (Å²) in [7, 11) is 0. The highest BCUT2D eigenvalue weighted by atomic mass is 15.8. The number of hydrogen-bond acceptors (Lipinski definition) is 2. The molecular weight excluding hydrogens is 1320 g/mol. The molecule has 472 valence electrons. The van der Waals surface area contributed by atoms with Crippen LogP contribution in [-0.2, 0) is 0 Å². The number of nitrogens with one attached hydrogen (secondary N) is 2. The van der Waals surface area contributed by atoms with E-state index in [2.05, 4.69) is 481 Å². The van der Waals surface area contributed by atoms with Crippen LogP contribution in [0.4, 0.5) is 0 Å². The highest BCUT2D eigenvalue weighted by Crippen LogP contribution is 1.98. The zero-order valence-electron chi connectivity index (χ0n) is 42.1. The second-order valence-corrected chi connectivity index (χ2v) is 8.25. The van der Waals surface area contributed by atoms with Crippen LogP contribution in [0.25, 0.3) is 0 Å². The van der Waals surface area contributed by atoms with E-state index in [1.54, 1.807) is 0 Å². The molecule has 0 amide bonds. The van der Waals surface area contributed by atoms with Gasteiger partial charge < -0.3 is 0 Å². The van der Waals surface area contributed by atoms with E-state index in [0.717, 1.165) is 0 Å². The van der Waals surface area contributed by atoms with E-state index < -0.39 is 0 Å². The van der Waals surface area contributed by atoms with Crippen molar-refractivity contribution in [3.63, 3.8) is 0 Å². The van der Waals surface area contributed by atoms with Crippen LogP contribution in [0.2, 0.25) is 0 Å². The van der Waals surface area contributed by atoms with E-state index in [9.17, 15) is 0 Å². The van der Waals surface area contributed by atoms with Crippen LogP contribution in [0.15, 0.2) is 481 Å². The number of rotatable bonds is 46. The molecule has 94 nitrogen and oxygen atoms in total. The minimum Gasteiger partial charge on any atom is -0.183 e. The molecule has 0 aliphatic heterocycles. The molecule has 0 aliphatic rings. The molecule has 0 saturated heterocycles. The Labute approximate surface area is 492 Å². The maximum absolute atomic E-state index is 6.27. The first-order valence-corrected chi connectivity index (χ1v) is 18.6. The smallest absolute Gasteiger partial charge is 0 e. The first kappa shape index (κ1) is 75.2. The largest absolute Gasteiger partial charge is 0.183 e. The zero-order chi connectivity index (χ0) is 67.1. The summed E-state index contributed by atoms with van der Waals surface area (Å²) in [5.74, 6) is 0. The molecule has 0 fully saturated rings. The van der Waals surface area contributed by atoms with Crippen LogP contribution in [0.3, 0.4) is 0 Å². The Balaban J connectivity index is 4.12. The Morgan fingerprint density at radius 1 is 0.0532 bits per heavy atom. The summed E-state index contributed by atoms with van der Waals surface area (Å²) in [6.45, 7) is 0. The second-order valence-electron chi connectivity index (χ2n) is 8.25.